The fraction of sp³-hybridized carbons (Fsp3) is 0.438. The molecule has 1 aliphatic rings. The first-order valence-electron chi connectivity index (χ1n) is 7.29. The first-order chi connectivity index (χ1) is 9.92. The highest BCUT2D eigenvalue weighted by Crippen LogP contribution is 2.17. The number of benzene rings is 1. The van der Waals surface area contributed by atoms with Crippen LogP contribution in [0, 0.1) is 5.92 Å². The Bertz CT molecular complexity index is 501. The summed E-state index contributed by atoms with van der Waals surface area (Å²) >= 11 is 0. The fourth-order valence-corrected chi connectivity index (χ4v) is 2.61. The van der Waals surface area contributed by atoms with Crippen LogP contribution in [0.5, 0.6) is 0 Å². The van der Waals surface area contributed by atoms with Crippen LogP contribution in [-0.4, -0.2) is 30.0 Å². The van der Waals surface area contributed by atoms with E-state index >= 15 is 0 Å². The summed E-state index contributed by atoms with van der Waals surface area (Å²) in [6, 6.07) is 10.6. The van der Waals surface area contributed by atoms with Gasteiger partial charge in [-0.1, -0.05) is 24.3 Å². The molecule has 2 aromatic rings. The van der Waals surface area contributed by atoms with Crippen molar-refractivity contribution in [2.75, 3.05) is 19.8 Å². The molecule has 0 amide bonds. The van der Waals surface area contributed by atoms with Crippen molar-refractivity contribution >= 4 is 0 Å². The van der Waals surface area contributed by atoms with Gasteiger partial charge in [0, 0.05) is 25.9 Å². The molecule has 4 heteroatoms. The molecule has 2 heterocycles. The summed E-state index contributed by atoms with van der Waals surface area (Å²) in [6.07, 6.45) is 4.26. The van der Waals surface area contributed by atoms with E-state index in [2.05, 4.69) is 39.8 Å². The maximum Gasteiger partial charge on any atom is 0.0650 e. The third-order valence-corrected chi connectivity index (χ3v) is 3.78. The number of rotatable bonds is 5. The maximum atomic E-state index is 5.49. The standard InChI is InChI=1S/C16H21N3O/c1-2-14(12-20-9-1)11-17-10-13-3-5-15(6-4-13)16-7-8-18-19-16/h3-8,14,17H,1-2,9-12H2,(H,18,19). The lowest BCUT2D eigenvalue weighted by atomic mass is 10.0. The maximum absolute atomic E-state index is 5.49. The average molecular weight is 271 g/mol. The van der Waals surface area contributed by atoms with E-state index in [1.165, 1.54) is 24.0 Å². The number of hydrogen-bond donors (Lipinski definition) is 2. The van der Waals surface area contributed by atoms with Gasteiger partial charge in [-0.05, 0) is 36.0 Å². The SMILES string of the molecule is c1cc(-c2ccc(CNCC3CCCOC3)cc2)[nH]n1. The van der Waals surface area contributed by atoms with E-state index in [9.17, 15) is 0 Å². The summed E-state index contributed by atoms with van der Waals surface area (Å²) in [6.45, 7) is 3.80. The molecule has 4 nitrogen and oxygen atoms in total. The second-order valence-electron chi connectivity index (χ2n) is 5.38. The van der Waals surface area contributed by atoms with Crippen molar-refractivity contribution in [2.24, 2.45) is 5.92 Å². The highest BCUT2D eigenvalue weighted by Gasteiger charge is 2.12. The van der Waals surface area contributed by atoms with E-state index in [0.717, 1.165) is 32.0 Å². The highest BCUT2D eigenvalue weighted by atomic mass is 16.5. The topological polar surface area (TPSA) is 49.9 Å². The van der Waals surface area contributed by atoms with Gasteiger partial charge >= 0.3 is 0 Å². The molecule has 106 valence electrons. The number of nitrogens with zero attached hydrogens (tertiary/aromatic N) is 1. The van der Waals surface area contributed by atoms with Crippen LogP contribution >= 0.6 is 0 Å². The van der Waals surface area contributed by atoms with Gasteiger partial charge in [-0.2, -0.15) is 5.10 Å². The van der Waals surface area contributed by atoms with E-state index in [1.807, 2.05) is 6.07 Å². The lowest BCUT2D eigenvalue weighted by molar-refractivity contribution is 0.0547. The quantitative estimate of drug-likeness (QED) is 0.879. The summed E-state index contributed by atoms with van der Waals surface area (Å²) in [5.41, 5.74) is 3.54. The fourth-order valence-electron chi connectivity index (χ4n) is 2.61. The van der Waals surface area contributed by atoms with Gasteiger partial charge < -0.3 is 10.1 Å². The molecule has 20 heavy (non-hydrogen) atoms. The Hall–Kier alpha value is -1.65. The van der Waals surface area contributed by atoms with Gasteiger partial charge in [-0.15, -0.1) is 0 Å². The summed E-state index contributed by atoms with van der Waals surface area (Å²) in [4.78, 5) is 0. The molecule has 1 saturated heterocycles. The third kappa shape index (κ3) is 3.46. The number of ether oxygens (including phenoxy) is 1. The van der Waals surface area contributed by atoms with E-state index < -0.39 is 0 Å². The lowest BCUT2D eigenvalue weighted by Gasteiger charge is -2.22. The summed E-state index contributed by atoms with van der Waals surface area (Å²) < 4.78 is 5.49. The predicted octanol–water partition coefficient (Wildman–Crippen LogP) is 2.59. The molecule has 1 aromatic carbocycles. The molecule has 0 spiro atoms. The van der Waals surface area contributed by atoms with Crippen molar-refractivity contribution in [2.45, 2.75) is 19.4 Å². The number of hydrogen-bond acceptors (Lipinski definition) is 3. The molecule has 1 atom stereocenters. The summed E-state index contributed by atoms with van der Waals surface area (Å²) in [5.74, 6) is 0.674. The van der Waals surface area contributed by atoms with Crippen molar-refractivity contribution in [3.05, 3.63) is 42.1 Å². The van der Waals surface area contributed by atoms with Crippen molar-refractivity contribution in [1.29, 1.82) is 0 Å². The number of H-pyrrole nitrogens is 1. The van der Waals surface area contributed by atoms with Gasteiger partial charge in [0.25, 0.3) is 0 Å². The largest absolute Gasteiger partial charge is 0.381 e. The zero-order valence-corrected chi connectivity index (χ0v) is 11.6. The third-order valence-electron chi connectivity index (χ3n) is 3.78. The van der Waals surface area contributed by atoms with Crippen LogP contribution in [0.25, 0.3) is 11.3 Å². The number of aromatic amines is 1. The van der Waals surface area contributed by atoms with Gasteiger partial charge in [-0.3, -0.25) is 5.10 Å². The molecule has 0 radical (unpaired) electrons. The van der Waals surface area contributed by atoms with Gasteiger partial charge in [-0.25, -0.2) is 0 Å². The molecular weight excluding hydrogens is 250 g/mol. The van der Waals surface area contributed by atoms with E-state index in [0.29, 0.717) is 5.92 Å². The Labute approximate surface area is 119 Å². The van der Waals surface area contributed by atoms with Crippen LogP contribution in [0.2, 0.25) is 0 Å². The second-order valence-corrected chi connectivity index (χ2v) is 5.38. The molecule has 3 rings (SSSR count). The van der Waals surface area contributed by atoms with Crippen LogP contribution in [0.1, 0.15) is 18.4 Å². The Morgan fingerprint density at radius 2 is 2.15 bits per heavy atom. The lowest BCUT2D eigenvalue weighted by Crippen LogP contribution is -2.28. The molecule has 2 N–H and O–H groups in total. The van der Waals surface area contributed by atoms with E-state index in [4.69, 9.17) is 4.74 Å². The second kappa shape index (κ2) is 6.68. The summed E-state index contributed by atoms with van der Waals surface area (Å²) in [7, 11) is 0. The minimum atomic E-state index is 0.674. The molecule has 1 aromatic heterocycles. The Morgan fingerprint density at radius 1 is 1.25 bits per heavy atom. The van der Waals surface area contributed by atoms with E-state index in [1.54, 1.807) is 6.20 Å². The Morgan fingerprint density at radius 3 is 2.85 bits per heavy atom. The van der Waals surface area contributed by atoms with Gasteiger partial charge in [0.1, 0.15) is 0 Å². The Balaban J connectivity index is 1.48. The van der Waals surface area contributed by atoms with Crippen molar-refractivity contribution in [1.82, 2.24) is 15.5 Å². The zero-order valence-electron chi connectivity index (χ0n) is 11.6. The van der Waals surface area contributed by atoms with E-state index in [-0.39, 0.29) is 0 Å². The van der Waals surface area contributed by atoms with Gasteiger partial charge in [0.15, 0.2) is 0 Å². The van der Waals surface area contributed by atoms with Crippen LogP contribution in [0.4, 0.5) is 0 Å². The van der Waals surface area contributed by atoms with Crippen LogP contribution in [0.3, 0.4) is 0 Å². The smallest absolute Gasteiger partial charge is 0.0650 e. The first-order valence-corrected chi connectivity index (χ1v) is 7.29. The van der Waals surface area contributed by atoms with Crippen LogP contribution < -0.4 is 5.32 Å². The minimum Gasteiger partial charge on any atom is -0.381 e. The first kappa shape index (κ1) is 13.3. The molecule has 0 bridgehead atoms. The average Bonchev–Trinajstić information content (AvgIpc) is 3.03. The number of nitrogens with one attached hydrogen (secondary N) is 2. The molecule has 0 aliphatic carbocycles. The molecule has 1 unspecified atom stereocenters. The minimum absolute atomic E-state index is 0.674. The van der Waals surface area contributed by atoms with Crippen LogP contribution in [0.15, 0.2) is 36.5 Å². The normalized spacial score (nSPS) is 19.1. The zero-order chi connectivity index (χ0) is 13.6. The van der Waals surface area contributed by atoms with Gasteiger partial charge in [0.05, 0.1) is 12.3 Å². The predicted molar refractivity (Wildman–Crippen MR) is 79.3 cm³/mol. The monoisotopic (exact) mass is 271 g/mol. The molecule has 1 aliphatic heterocycles. The van der Waals surface area contributed by atoms with Crippen molar-refractivity contribution in [3.63, 3.8) is 0 Å². The van der Waals surface area contributed by atoms with Gasteiger partial charge in [0.2, 0.25) is 0 Å². The van der Waals surface area contributed by atoms with Crippen LogP contribution in [-0.2, 0) is 11.3 Å². The highest BCUT2D eigenvalue weighted by molar-refractivity contribution is 5.58. The molecule has 1 fully saturated rings. The Kier molecular flexibility index (Phi) is 4.46. The van der Waals surface area contributed by atoms with Crippen molar-refractivity contribution < 1.29 is 4.74 Å². The number of aromatic nitrogens is 2. The summed E-state index contributed by atoms with van der Waals surface area (Å²) in [5, 5.41) is 10.5. The molecule has 0 saturated carbocycles. The molecular formula is C16H21N3O. The van der Waals surface area contributed by atoms with Crippen molar-refractivity contribution in [3.8, 4) is 11.3 Å².